The van der Waals surface area contributed by atoms with Crippen LogP contribution in [0.1, 0.15) is 41.5 Å². The maximum Gasteiger partial charge on any atom is 0.0177 e. The van der Waals surface area contributed by atoms with E-state index in [1.807, 2.05) is 0 Å². The van der Waals surface area contributed by atoms with Crippen LogP contribution in [0.4, 0.5) is 0 Å². The van der Waals surface area contributed by atoms with Gasteiger partial charge in [-0.05, 0) is 44.2 Å². The number of benzene rings is 2. The highest BCUT2D eigenvalue weighted by Crippen LogP contribution is 2.46. The number of hydrogen-bond acceptors (Lipinski definition) is 1. The highest BCUT2D eigenvalue weighted by Gasteiger charge is 2.43. The molecule has 0 saturated heterocycles. The van der Waals surface area contributed by atoms with Gasteiger partial charge in [-0.3, -0.25) is 0 Å². The predicted molar refractivity (Wildman–Crippen MR) is 89.6 cm³/mol. The van der Waals surface area contributed by atoms with Crippen molar-refractivity contribution >= 4 is 0 Å². The third kappa shape index (κ3) is 2.75. The van der Waals surface area contributed by atoms with Crippen molar-refractivity contribution in [1.29, 1.82) is 0 Å². The Morgan fingerprint density at radius 2 is 1.62 bits per heavy atom. The molecule has 1 saturated carbocycles. The summed E-state index contributed by atoms with van der Waals surface area (Å²) in [4.78, 5) is 0. The summed E-state index contributed by atoms with van der Waals surface area (Å²) < 4.78 is 0. The van der Waals surface area contributed by atoms with E-state index in [2.05, 4.69) is 62.4 Å². The van der Waals surface area contributed by atoms with Crippen molar-refractivity contribution in [3.63, 3.8) is 0 Å². The maximum atomic E-state index is 6.68. The van der Waals surface area contributed by atoms with Gasteiger partial charge >= 0.3 is 0 Å². The molecule has 21 heavy (non-hydrogen) atoms. The Bertz CT molecular complexity index is 591. The molecule has 0 aromatic heterocycles. The molecule has 1 unspecified atom stereocenters. The largest absolute Gasteiger partial charge is 0.327 e. The minimum absolute atomic E-state index is 0.193. The molecule has 0 radical (unpaired) electrons. The summed E-state index contributed by atoms with van der Waals surface area (Å²) in [6.07, 6.45) is 4.72. The summed E-state index contributed by atoms with van der Waals surface area (Å²) in [5.74, 6) is 0. The molecule has 0 aliphatic heterocycles. The van der Waals surface area contributed by atoms with E-state index in [1.165, 1.54) is 41.5 Å². The molecule has 1 aliphatic rings. The first-order valence-electron chi connectivity index (χ1n) is 7.98. The molecule has 0 bridgehead atoms. The Balaban J connectivity index is 1.85. The average molecular weight is 279 g/mol. The molecule has 0 amide bonds. The van der Waals surface area contributed by atoms with Crippen LogP contribution in [0.5, 0.6) is 0 Å². The molecule has 1 aliphatic carbocycles. The fourth-order valence-electron chi connectivity index (χ4n) is 3.84. The summed E-state index contributed by atoms with van der Waals surface area (Å²) in [6.45, 7) is 4.33. The summed E-state index contributed by atoms with van der Waals surface area (Å²) in [5.41, 5.74) is 12.3. The normalized spacial score (nSPS) is 18.0. The highest BCUT2D eigenvalue weighted by molar-refractivity contribution is 5.34. The molecule has 2 aromatic carbocycles. The van der Waals surface area contributed by atoms with E-state index in [9.17, 15) is 0 Å². The summed E-state index contributed by atoms with van der Waals surface area (Å²) in [5, 5.41) is 0. The van der Waals surface area contributed by atoms with E-state index in [-0.39, 0.29) is 11.5 Å². The second-order valence-corrected chi connectivity index (χ2v) is 6.68. The van der Waals surface area contributed by atoms with E-state index in [1.54, 1.807) is 0 Å². The number of rotatable bonds is 4. The first kappa shape index (κ1) is 14.3. The van der Waals surface area contributed by atoms with E-state index in [0.29, 0.717) is 0 Å². The van der Waals surface area contributed by atoms with Crippen molar-refractivity contribution in [3.05, 3.63) is 70.8 Å². The molecule has 2 aromatic rings. The molecule has 1 atom stereocenters. The van der Waals surface area contributed by atoms with Gasteiger partial charge in [0.05, 0.1) is 0 Å². The van der Waals surface area contributed by atoms with Crippen LogP contribution in [0.3, 0.4) is 0 Å². The average Bonchev–Trinajstić information content (AvgIpc) is 2.37. The van der Waals surface area contributed by atoms with Crippen molar-refractivity contribution in [2.45, 2.75) is 51.0 Å². The van der Waals surface area contributed by atoms with E-state index in [4.69, 9.17) is 5.73 Å². The Labute approximate surface area is 128 Å². The van der Waals surface area contributed by atoms with E-state index in [0.717, 1.165) is 6.42 Å². The van der Waals surface area contributed by atoms with Gasteiger partial charge in [0.25, 0.3) is 0 Å². The van der Waals surface area contributed by atoms with Crippen LogP contribution in [0, 0.1) is 13.8 Å². The lowest BCUT2D eigenvalue weighted by atomic mass is 9.59. The fraction of sp³-hybridized carbons (Fsp3) is 0.400. The van der Waals surface area contributed by atoms with Crippen LogP contribution in [-0.4, -0.2) is 6.04 Å². The van der Waals surface area contributed by atoms with Crippen LogP contribution in [-0.2, 0) is 11.8 Å². The first-order chi connectivity index (χ1) is 10.1. The molecular formula is C20H25N. The maximum absolute atomic E-state index is 6.68. The van der Waals surface area contributed by atoms with Crippen molar-refractivity contribution in [3.8, 4) is 0 Å². The zero-order chi connectivity index (χ0) is 14.9. The smallest absolute Gasteiger partial charge is 0.0177 e. The summed E-state index contributed by atoms with van der Waals surface area (Å²) in [7, 11) is 0. The Hall–Kier alpha value is -1.60. The monoisotopic (exact) mass is 279 g/mol. The van der Waals surface area contributed by atoms with Gasteiger partial charge in [-0.2, -0.15) is 0 Å². The minimum Gasteiger partial charge on any atom is -0.327 e. The summed E-state index contributed by atoms with van der Waals surface area (Å²) >= 11 is 0. The lowest BCUT2D eigenvalue weighted by Crippen LogP contribution is -2.51. The Morgan fingerprint density at radius 3 is 2.14 bits per heavy atom. The van der Waals surface area contributed by atoms with E-state index >= 15 is 0 Å². The van der Waals surface area contributed by atoms with Crippen LogP contribution < -0.4 is 5.73 Å². The van der Waals surface area contributed by atoms with Gasteiger partial charge in [0.15, 0.2) is 0 Å². The Morgan fingerprint density at radius 1 is 1.00 bits per heavy atom. The van der Waals surface area contributed by atoms with Gasteiger partial charge in [-0.25, -0.2) is 0 Å². The SMILES string of the molecule is Cc1cc(C)cc(CC(N)C2(c3ccccc3)CCC2)c1. The lowest BCUT2D eigenvalue weighted by Gasteiger charge is -2.47. The van der Waals surface area contributed by atoms with Gasteiger partial charge in [0.1, 0.15) is 0 Å². The van der Waals surface area contributed by atoms with Gasteiger partial charge in [-0.1, -0.05) is 66.1 Å². The Kier molecular flexibility index (Phi) is 3.86. The van der Waals surface area contributed by atoms with Crippen molar-refractivity contribution in [2.75, 3.05) is 0 Å². The van der Waals surface area contributed by atoms with E-state index < -0.39 is 0 Å². The predicted octanol–water partition coefficient (Wildman–Crippen LogP) is 4.30. The molecular weight excluding hydrogens is 254 g/mol. The fourth-order valence-corrected chi connectivity index (χ4v) is 3.84. The third-order valence-corrected chi connectivity index (χ3v) is 5.04. The molecule has 1 fully saturated rings. The quantitative estimate of drug-likeness (QED) is 0.887. The van der Waals surface area contributed by atoms with Crippen molar-refractivity contribution in [2.24, 2.45) is 5.73 Å². The van der Waals surface area contributed by atoms with Crippen molar-refractivity contribution < 1.29 is 0 Å². The second kappa shape index (κ2) is 5.65. The van der Waals surface area contributed by atoms with Crippen LogP contribution in [0.25, 0.3) is 0 Å². The van der Waals surface area contributed by atoms with Crippen LogP contribution >= 0.6 is 0 Å². The highest BCUT2D eigenvalue weighted by atomic mass is 14.7. The first-order valence-corrected chi connectivity index (χ1v) is 7.98. The minimum atomic E-state index is 0.193. The van der Waals surface area contributed by atoms with Crippen LogP contribution in [0.15, 0.2) is 48.5 Å². The van der Waals surface area contributed by atoms with Crippen molar-refractivity contribution in [1.82, 2.24) is 0 Å². The van der Waals surface area contributed by atoms with Gasteiger partial charge in [0.2, 0.25) is 0 Å². The molecule has 0 heterocycles. The molecule has 110 valence electrons. The molecule has 2 N–H and O–H groups in total. The molecule has 0 spiro atoms. The zero-order valence-electron chi connectivity index (χ0n) is 13.1. The number of aryl methyl sites for hydroxylation is 2. The number of hydrogen-bond donors (Lipinski definition) is 1. The van der Waals surface area contributed by atoms with Crippen LogP contribution in [0.2, 0.25) is 0 Å². The second-order valence-electron chi connectivity index (χ2n) is 6.68. The van der Waals surface area contributed by atoms with Gasteiger partial charge < -0.3 is 5.73 Å². The molecule has 3 rings (SSSR count). The standard InChI is InChI=1S/C20H25N/c1-15-11-16(2)13-17(12-15)14-19(21)20(9-6-10-20)18-7-4-3-5-8-18/h3-5,7-8,11-13,19H,6,9-10,14,21H2,1-2H3. The van der Waals surface area contributed by atoms with Gasteiger partial charge in [0, 0.05) is 11.5 Å². The number of nitrogens with two attached hydrogens (primary N) is 1. The molecule has 1 nitrogen and oxygen atoms in total. The summed E-state index contributed by atoms with van der Waals surface area (Å²) in [6, 6.07) is 17.9. The topological polar surface area (TPSA) is 26.0 Å². The third-order valence-electron chi connectivity index (χ3n) is 5.04. The molecule has 1 heteroatoms. The lowest BCUT2D eigenvalue weighted by molar-refractivity contribution is 0.194. The van der Waals surface area contributed by atoms with Gasteiger partial charge in [-0.15, -0.1) is 0 Å². The zero-order valence-corrected chi connectivity index (χ0v) is 13.1.